The number of rotatable bonds is 12. The van der Waals surface area contributed by atoms with Crippen LogP contribution in [0.3, 0.4) is 0 Å². The van der Waals surface area contributed by atoms with E-state index < -0.39 is 23.6 Å². The number of halogens is 3. The fourth-order valence-corrected chi connectivity index (χ4v) is 4.46. The third kappa shape index (κ3) is 6.82. The second kappa shape index (κ2) is 13.5. The Balaban J connectivity index is 2.07. The third-order valence-electron chi connectivity index (χ3n) is 6.43. The minimum Gasteiger partial charge on any atom is -0.497 e. The molecule has 0 saturated heterocycles. The summed E-state index contributed by atoms with van der Waals surface area (Å²) in [5.41, 5.74) is -0.870. The predicted molar refractivity (Wildman–Crippen MR) is 151 cm³/mol. The maximum absolute atomic E-state index is 15.4. The Hall–Kier alpha value is -3.86. The molecule has 214 valence electrons. The molecule has 0 unspecified atom stereocenters. The lowest BCUT2D eigenvalue weighted by atomic mass is 9.90. The lowest BCUT2D eigenvalue weighted by Crippen LogP contribution is -2.54. The van der Waals surface area contributed by atoms with Crippen molar-refractivity contribution in [1.29, 1.82) is 0 Å². The quantitative estimate of drug-likeness (QED) is 0.193. The zero-order valence-electron chi connectivity index (χ0n) is 23.0. The van der Waals surface area contributed by atoms with Gasteiger partial charge in [-0.2, -0.15) is 0 Å². The van der Waals surface area contributed by atoms with Crippen molar-refractivity contribution in [2.24, 2.45) is 0 Å². The zero-order valence-corrected chi connectivity index (χ0v) is 24.6. The van der Waals surface area contributed by atoms with Crippen LogP contribution >= 0.6 is 15.9 Å². The minimum absolute atomic E-state index is 0.0453. The van der Waals surface area contributed by atoms with E-state index in [2.05, 4.69) is 32.8 Å². The second-order valence-corrected chi connectivity index (χ2v) is 9.76. The molecule has 1 aromatic heterocycles. The van der Waals surface area contributed by atoms with Crippen LogP contribution in [0.4, 0.5) is 13.6 Å². The van der Waals surface area contributed by atoms with Gasteiger partial charge in [0.15, 0.2) is 0 Å². The van der Waals surface area contributed by atoms with E-state index in [-0.39, 0.29) is 23.4 Å². The standard InChI is InChI=1S/C29H32BrF2N3O5/c1-7-25(32)29(2,27-22(31)12-13-26(30)33-27)34-28(36)35(16-18-8-10-20(37-3)14-23(18)39-5)17-19-9-11-21(38-4)15-24(19)40-6/h7-15,25H,1,16-17H2,2-6H3,(H,34,36)/t25-,29-/m0/s1. The molecule has 0 aliphatic rings. The summed E-state index contributed by atoms with van der Waals surface area (Å²) < 4.78 is 52.3. The molecule has 0 bridgehead atoms. The zero-order chi connectivity index (χ0) is 29.4. The Morgan fingerprint density at radius 2 is 1.52 bits per heavy atom. The van der Waals surface area contributed by atoms with Gasteiger partial charge >= 0.3 is 6.03 Å². The molecular formula is C29H32BrF2N3O5. The van der Waals surface area contributed by atoms with Gasteiger partial charge in [-0.25, -0.2) is 18.6 Å². The van der Waals surface area contributed by atoms with Crippen LogP contribution in [-0.4, -0.2) is 50.5 Å². The molecule has 3 aromatic rings. The van der Waals surface area contributed by atoms with Crippen LogP contribution in [0, 0.1) is 5.82 Å². The topological polar surface area (TPSA) is 82.2 Å². The number of alkyl halides is 1. The number of hydrogen-bond acceptors (Lipinski definition) is 6. The Morgan fingerprint density at radius 3 is 1.98 bits per heavy atom. The average Bonchev–Trinajstić information content (AvgIpc) is 2.97. The minimum atomic E-state index is -1.89. The maximum atomic E-state index is 15.4. The van der Waals surface area contributed by atoms with Crippen molar-refractivity contribution in [3.8, 4) is 23.0 Å². The monoisotopic (exact) mass is 619 g/mol. The molecule has 3 rings (SSSR count). The summed E-state index contributed by atoms with van der Waals surface area (Å²) in [7, 11) is 6.08. The Labute approximate surface area is 241 Å². The van der Waals surface area contributed by atoms with Crippen LogP contribution in [-0.2, 0) is 18.6 Å². The van der Waals surface area contributed by atoms with E-state index in [9.17, 15) is 9.18 Å². The van der Waals surface area contributed by atoms with Crippen LogP contribution < -0.4 is 24.3 Å². The number of nitrogens with one attached hydrogen (secondary N) is 1. The highest BCUT2D eigenvalue weighted by Gasteiger charge is 2.41. The van der Waals surface area contributed by atoms with Gasteiger partial charge in [0.2, 0.25) is 0 Å². The molecule has 0 radical (unpaired) electrons. The Morgan fingerprint density at radius 1 is 1.00 bits per heavy atom. The highest BCUT2D eigenvalue weighted by atomic mass is 79.9. The van der Waals surface area contributed by atoms with Gasteiger partial charge in [-0.15, -0.1) is 6.58 Å². The van der Waals surface area contributed by atoms with Crippen molar-refractivity contribution in [2.45, 2.75) is 31.7 Å². The van der Waals surface area contributed by atoms with Gasteiger partial charge in [0.05, 0.1) is 41.5 Å². The van der Waals surface area contributed by atoms with Gasteiger partial charge in [0.25, 0.3) is 0 Å². The molecule has 1 heterocycles. The summed E-state index contributed by atoms with van der Waals surface area (Å²) in [6, 6.07) is 12.2. The number of hydrogen-bond donors (Lipinski definition) is 1. The number of urea groups is 1. The molecule has 0 saturated carbocycles. The summed E-state index contributed by atoms with van der Waals surface area (Å²) in [5, 5.41) is 2.68. The molecule has 1 N–H and O–H groups in total. The number of pyridine rings is 1. The summed E-state index contributed by atoms with van der Waals surface area (Å²) in [5.74, 6) is 1.33. The molecule has 8 nitrogen and oxygen atoms in total. The van der Waals surface area contributed by atoms with Crippen LogP contribution in [0.15, 0.2) is 65.8 Å². The lowest BCUT2D eigenvalue weighted by Gasteiger charge is -2.35. The first kappa shape index (κ1) is 30.7. The van der Waals surface area contributed by atoms with Crippen molar-refractivity contribution in [3.63, 3.8) is 0 Å². The first-order chi connectivity index (χ1) is 19.1. The average molecular weight is 620 g/mol. The van der Waals surface area contributed by atoms with Crippen LogP contribution in [0.25, 0.3) is 0 Å². The van der Waals surface area contributed by atoms with Crippen molar-refractivity contribution >= 4 is 22.0 Å². The molecule has 40 heavy (non-hydrogen) atoms. The number of benzene rings is 2. The van der Waals surface area contributed by atoms with E-state index >= 15 is 4.39 Å². The molecule has 0 aliphatic heterocycles. The van der Waals surface area contributed by atoms with Crippen molar-refractivity contribution < 1.29 is 32.5 Å². The number of aromatic nitrogens is 1. The third-order valence-corrected chi connectivity index (χ3v) is 6.87. The van der Waals surface area contributed by atoms with E-state index in [4.69, 9.17) is 18.9 Å². The van der Waals surface area contributed by atoms with Crippen molar-refractivity contribution in [2.75, 3.05) is 28.4 Å². The lowest BCUT2D eigenvalue weighted by molar-refractivity contribution is 0.151. The number of amides is 2. The predicted octanol–water partition coefficient (Wildman–Crippen LogP) is 6.17. The normalized spacial score (nSPS) is 13.0. The Kier molecular flexibility index (Phi) is 10.3. The molecule has 2 amide bonds. The van der Waals surface area contributed by atoms with E-state index in [0.29, 0.717) is 34.1 Å². The van der Waals surface area contributed by atoms with Crippen LogP contribution in [0.2, 0.25) is 0 Å². The fourth-order valence-electron chi connectivity index (χ4n) is 4.15. The number of carbonyl (C=O) groups is 1. The van der Waals surface area contributed by atoms with Gasteiger partial charge < -0.3 is 29.2 Å². The summed E-state index contributed by atoms with van der Waals surface area (Å²) in [6.45, 7) is 4.96. The highest BCUT2D eigenvalue weighted by Crippen LogP contribution is 2.32. The van der Waals surface area contributed by atoms with Gasteiger partial charge in [-0.1, -0.05) is 6.08 Å². The molecule has 2 atom stereocenters. The maximum Gasteiger partial charge on any atom is 0.318 e. The van der Waals surface area contributed by atoms with Crippen molar-refractivity contribution in [1.82, 2.24) is 15.2 Å². The van der Waals surface area contributed by atoms with Gasteiger partial charge in [0, 0.05) is 23.3 Å². The number of carbonyl (C=O) groups excluding carboxylic acids is 1. The van der Waals surface area contributed by atoms with Crippen LogP contribution in [0.1, 0.15) is 23.7 Å². The number of methoxy groups -OCH3 is 4. The second-order valence-electron chi connectivity index (χ2n) is 8.95. The molecular weight excluding hydrogens is 588 g/mol. The summed E-state index contributed by atoms with van der Waals surface area (Å²) >= 11 is 3.20. The van der Waals surface area contributed by atoms with E-state index in [1.165, 1.54) is 46.3 Å². The molecule has 0 fully saturated rings. The van der Waals surface area contributed by atoms with Crippen LogP contribution in [0.5, 0.6) is 23.0 Å². The largest absolute Gasteiger partial charge is 0.497 e. The smallest absolute Gasteiger partial charge is 0.318 e. The molecule has 11 heteroatoms. The first-order valence-electron chi connectivity index (χ1n) is 12.2. The van der Waals surface area contributed by atoms with E-state index in [0.717, 1.165) is 12.1 Å². The molecule has 0 aliphatic carbocycles. The SMILES string of the molecule is C=C[C@H](F)[C@](C)(NC(=O)N(Cc1ccc(OC)cc1OC)Cc1ccc(OC)cc1OC)c1nc(Br)ccc1F. The Bertz CT molecular complexity index is 1300. The summed E-state index contributed by atoms with van der Waals surface area (Å²) in [4.78, 5) is 19.5. The van der Waals surface area contributed by atoms with Gasteiger partial charge in [-0.05, 0) is 59.3 Å². The first-order valence-corrected chi connectivity index (χ1v) is 13.0. The fraction of sp³-hybridized carbons (Fsp3) is 0.310. The molecule has 0 spiro atoms. The van der Waals surface area contributed by atoms with Crippen molar-refractivity contribution in [3.05, 3.63) is 88.4 Å². The van der Waals surface area contributed by atoms with E-state index in [1.54, 1.807) is 36.4 Å². The summed E-state index contributed by atoms with van der Waals surface area (Å²) in [6.07, 6.45) is -0.883. The van der Waals surface area contributed by atoms with E-state index in [1.807, 2.05) is 0 Å². The van der Waals surface area contributed by atoms with Gasteiger partial charge in [0.1, 0.15) is 50.8 Å². The molecule has 2 aromatic carbocycles. The number of ether oxygens (including phenoxy) is 4. The number of nitrogens with zero attached hydrogens (tertiary/aromatic N) is 2. The highest BCUT2D eigenvalue weighted by molar-refractivity contribution is 9.10. The van der Waals surface area contributed by atoms with Gasteiger partial charge in [-0.3, -0.25) is 0 Å².